The van der Waals surface area contributed by atoms with E-state index in [0.29, 0.717) is 60.4 Å². The smallest absolute Gasteiger partial charge is 0.255 e. The summed E-state index contributed by atoms with van der Waals surface area (Å²) >= 11 is 0. The van der Waals surface area contributed by atoms with Crippen molar-refractivity contribution in [3.05, 3.63) is 156 Å². The van der Waals surface area contributed by atoms with Crippen molar-refractivity contribution in [2.75, 3.05) is 26.4 Å². The van der Waals surface area contributed by atoms with Gasteiger partial charge in [-0.2, -0.15) is 0 Å². The lowest BCUT2D eigenvalue weighted by molar-refractivity contribution is 0.0937. The third-order valence-electron chi connectivity index (χ3n) is 6.90. The number of carbonyl (C=O) groups excluding carboxylic acids is 2. The lowest BCUT2D eigenvalue weighted by Crippen LogP contribution is -2.23. The highest BCUT2D eigenvalue weighted by Gasteiger charge is 2.13. The predicted octanol–water partition coefficient (Wildman–Crippen LogP) is 6.46. The molecule has 0 atom stereocenters. The van der Waals surface area contributed by atoms with Gasteiger partial charge in [0.15, 0.2) is 0 Å². The Morgan fingerprint density at radius 2 is 0.761 bits per heavy atom. The van der Waals surface area contributed by atoms with Crippen molar-refractivity contribution in [3.63, 3.8) is 0 Å². The first-order valence-electron chi connectivity index (χ1n) is 15.1. The van der Waals surface area contributed by atoms with E-state index < -0.39 is 0 Å². The molecule has 0 saturated heterocycles. The Kier molecular flexibility index (Phi) is 11.6. The van der Waals surface area contributed by atoms with E-state index in [1.165, 1.54) is 0 Å². The molecule has 0 radical (unpaired) electrons. The molecule has 5 aromatic rings. The lowest BCUT2D eigenvalue weighted by Gasteiger charge is -2.13. The molecule has 0 aromatic heterocycles. The van der Waals surface area contributed by atoms with E-state index in [0.717, 1.165) is 11.1 Å². The molecular formula is C38H36N2O6. The second-order valence-corrected chi connectivity index (χ2v) is 10.2. The van der Waals surface area contributed by atoms with Crippen LogP contribution in [0.2, 0.25) is 0 Å². The zero-order valence-corrected chi connectivity index (χ0v) is 25.4. The molecule has 0 bridgehead atoms. The molecule has 0 aliphatic carbocycles. The minimum absolute atomic E-state index is 0.199. The van der Waals surface area contributed by atoms with Crippen LogP contribution in [0.25, 0.3) is 0 Å². The molecule has 0 heterocycles. The number of nitrogens with one attached hydrogen (secondary N) is 2. The summed E-state index contributed by atoms with van der Waals surface area (Å²) in [7, 11) is 0. The van der Waals surface area contributed by atoms with Gasteiger partial charge in [-0.15, -0.1) is 0 Å². The first kappa shape index (κ1) is 31.7. The number of hydrogen-bond donors (Lipinski definition) is 2. The number of para-hydroxylation sites is 2. The minimum atomic E-state index is -0.199. The van der Waals surface area contributed by atoms with E-state index in [2.05, 4.69) is 10.6 Å². The highest BCUT2D eigenvalue weighted by atomic mass is 16.5. The molecule has 0 fully saturated rings. The van der Waals surface area contributed by atoms with E-state index in [9.17, 15) is 9.59 Å². The number of ether oxygens (including phenoxy) is 4. The Bertz CT molecular complexity index is 1550. The summed E-state index contributed by atoms with van der Waals surface area (Å²) < 4.78 is 23.4. The fraction of sp³-hybridized carbons (Fsp3) is 0.158. The van der Waals surface area contributed by atoms with Crippen molar-refractivity contribution in [3.8, 4) is 23.0 Å². The van der Waals surface area contributed by atoms with Gasteiger partial charge in [-0.05, 0) is 59.7 Å². The van der Waals surface area contributed by atoms with E-state index in [1.54, 1.807) is 24.3 Å². The summed E-state index contributed by atoms with van der Waals surface area (Å²) in [6.45, 7) is 2.01. The van der Waals surface area contributed by atoms with Crippen LogP contribution in [-0.2, 0) is 13.1 Å². The van der Waals surface area contributed by atoms with Crippen molar-refractivity contribution >= 4 is 11.8 Å². The van der Waals surface area contributed by atoms with Gasteiger partial charge in [0.25, 0.3) is 11.8 Å². The maximum absolute atomic E-state index is 12.7. The number of amides is 2. The Morgan fingerprint density at radius 1 is 0.413 bits per heavy atom. The minimum Gasteiger partial charge on any atom is -0.490 e. The van der Waals surface area contributed by atoms with Crippen LogP contribution in [0, 0.1) is 0 Å². The lowest BCUT2D eigenvalue weighted by atomic mass is 10.1. The molecule has 0 spiro atoms. The highest BCUT2D eigenvalue weighted by molar-refractivity contribution is 5.97. The van der Waals surface area contributed by atoms with Crippen molar-refractivity contribution in [2.24, 2.45) is 0 Å². The summed E-state index contributed by atoms with van der Waals surface area (Å²) in [6.07, 6.45) is 0. The van der Waals surface area contributed by atoms with Crippen molar-refractivity contribution in [2.45, 2.75) is 13.1 Å². The van der Waals surface area contributed by atoms with Crippen LogP contribution in [0.5, 0.6) is 23.0 Å². The first-order chi connectivity index (χ1) is 22.7. The molecule has 46 heavy (non-hydrogen) atoms. The Balaban J connectivity index is 1.01. The van der Waals surface area contributed by atoms with Gasteiger partial charge < -0.3 is 29.6 Å². The fourth-order valence-electron chi connectivity index (χ4n) is 4.56. The van der Waals surface area contributed by atoms with Gasteiger partial charge in [-0.1, -0.05) is 84.9 Å². The van der Waals surface area contributed by atoms with Crippen molar-refractivity contribution < 1.29 is 28.5 Å². The fourth-order valence-corrected chi connectivity index (χ4v) is 4.56. The van der Waals surface area contributed by atoms with Crippen LogP contribution in [0.15, 0.2) is 133 Å². The monoisotopic (exact) mass is 616 g/mol. The molecule has 0 saturated carbocycles. The summed E-state index contributed by atoms with van der Waals surface area (Å²) in [5.41, 5.74) is 2.99. The van der Waals surface area contributed by atoms with Crippen LogP contribution in [-0.4, -0.2) is 38.2 Å². The summed E-state index contributed by atoms with van der Waals surface area (Å²) in [5, 5.41) is 5.87. The maximum Gasteiger partial charge on any atom is 0.255 e. The molecule has 0 unspecified atom stereocenters. The molecule has 8 nitrogen and oxygen atoms in total. The molecule has 234 valence electrons. The van der Waals surface area contributed by atoms with Crippen molar-refractivity contribution in [1.29, 1.82) is 0 Å². The molecular weight excluding hydrogens is 580 g/mol. The number of benzene rings is 5. The van der Waals surface area contributed by atoms with Gasteiger partial charge in [-0.3, -0.25) is 9.59 Å². The van der Waals surface area contributed by atoms with Crippen LogP contribution >= 0.6 is 0 Å². The third-order valence-corrected chi connectivity index (χ3v) is 6.90. The Labute approximate surface area is 268 Å². The summed E-state index contributed by atoms with van der Waals surface area (Å²) in [6, 6.07) is 41.0. The van der Waals surface area contributed by atoms with Gasteiger partial charge >= 0.3 is 0 Å². The molecule has 5 rings (SSSR count). The second-order valence-electron chi connectivity index (χ2n) is 10.2. The van der Waals surface area contributed by atoms with Crippen molar-refractivity contribution in [1.82, 2.24) is 10.6 Å². The SMILES string of the molecule is O=C(NCc1ccccc1)c1ccccc1OCCOc1ccc(OCCOc2ccccc2C(=O)NCc2ccccc2)cc1. The van der Waals surface area contributed by atoms with Crippen LogP contribution in [0.3, 0.4) is 0 Å². The zero-order valence-electron chi connectivity index (χ0n) is 25.4. The van der Waals surface area contributed by atoms with Gasteiger partial charge in [0.05, 0.1) is 11.1 Å². The standard InChI is InChI=1S/C38H36N2O6/c41-37(39-27-29-11-3-1-4-12-29)33-15-7-9-17-35(33)45-25-23-43-31-19-21-32(22-20-31)44-24-26-46-36-18-10-8-16-34(36)38(42)40-28-30-13-5-2-6-14-30/h1-22H,23-28H2,(H,39,41)(H,40,42). The van der Waals surface area contributed by atoms with Gasteiger partial charge in [0.2, 0.25) is 0 Å². The van der Waals surface area contributed by atoms with Gasteiger partial charge in [0.1, 0.15) is 49.4 Å². The van der Waals surface area contributed by atoms with E-state index in [4.69, 9.17) is 18.9 Å². The molecule has 2 N–H and O–H groups in total. The molecule has 0 aliphatic heterocycles. The van der Waals surface area contributed by atoms with E-state index in [1.807, 2.05) is 109 Å². The normalized spacial score (nSPS) is 10.4. The second kappa shape index (κ2) is 16.9. The Morgan fingerprint density at radius 3 is 1.17 bits per heavy atom. The topological polar surface area (TPSA) is 95.1 Å². The third kappa shape index (κ3) is 9.62. The van der Waals surface area contributed by atoms with E-state index >= 15 is 0 Å². The number of carbonyl (C=O) groups is 2. The zero-order chi connectivity index (χ0) is 31.8. The number of rotatable bonds is 16. The quantitative estimate of drug-likeness (QED) is 0.124. The average molecular weight is 617 g/mol. The van der Waals surface area contributed by atoms with Gasteiger partial charge in [0, 0.05) is 13.1 Å². The molecule has 8 heteroatoms. The van der Waals surface area contributed by atoms with Gasteiger partial charge in [-0.25, -0.2) is 0 Å². The summed E-state index contributed by atoms with van der Waals surface area (Å²) in [5.74, 6) is 1.92. The largest absolute Gasteiger partial charge is 0.490 e. The molecule has 0 aliphatic rings. The highest BCUT2D eigenvalue weighted by Crippen LogP contribution is 2.21. The Hall–Kier alpha value is -5.76. The molecule has 5 aromatic carbocycles. The molecule has 2 amide bonds. The first-order valence-corrected chi connectivity index (χ1v) is 15.1. The van der Waals surface area contributed by atoms with E-state index in [-0.39, 0.29) is 25.0 Å². The predicted molar refractivity (Wildman–Crippen MR) is 177 cm³/mol. The van der Waals surface area contributed by atoms with Crippen LogP contribution in [0.4, 0.5) is 0 Å². The van der Waals surface area contributed by atoms with Crippen LogP contribution < -0.4 is 29.6 Å². The van der Waals surface area contributed by atoms with Crippen LogP contribution in [0.1, 0.15) is 31.8 Å². The maximum atomic E-state index is 12.7. The summed E-state index contributed by atoms with van der Waals surface area (Å²) in [4.78, 5) is 25.5. The average Bonchev–Trinajstić information content (AvgIpc) is 3.11. The number of hydrogen-bond acceptors (Lipinski definition) is 6.